The Morgan fingerprint density at radius 1 is 1.16 bits per heavy atom. The largest absolute Gasteiger partial charge is 0.317 e. The molecule has 0 saturated heterocycles. The lowest BCUT2D eigenvalue weighted by atomic mass is 10.0. The van der Waals surface area contributed by atoms with E-state index in [4.69, 9.17) is 0 Å². The second-order valence-corrected chi connectivity index (χ2v) is 4.83. The van der Waals surface area contributed by atoms with Crippen LogP contribution < -0.4 is 5.32 Å². The molecule has 2 heterocycles. The van der Waals surface area contributed by atoms with Crippen LogP contribution in [-0.4, -0.2) is 27.9 Å². The summed E-state index contributed by atoms with van der Waals surface area (Å²) in [6.45, 7) is 0. The number of aromatic nitrogens is 3. The van der Waals surface area contributed by atoms with Gasteiger partial charge in [0.1, 0.15) is 0 Å². The van der Waals surface area contributed by atoms with E-state index in [1.807, 2.05) is 43.3 Å². The first-order valence-corrected chi connectivity index (χ1v) is 6.83. The SMILES string of the molecule is CNC(CCc1ccccn1)CCc1ccnn1C. The third-order valence-corrected chi connectivity index (χ3v) is 3.55. The van der Waals surface area contributed by atoms with Gasteiger partial charge in [0, 0.05) is 36.9 Å². The highest BCUT2D eigenvalue weighted by Crippen LogP contribution is 2.09. The Labute approximate surface area is 114 Å². The fourth-order valence-corrected chi connectivity index (χ4v) is 2.27. The van der Waals surface area contributed by atoms with Crippen LogP contribution in [0.5, 0.6) is 0 Å². The van der Waals surface area contributed by atoms with Crippen LogP contribution in [0.2, 0.25) is 0 Å². The highest BCUT2D eigenvalue weighted by molar-refractivity contribution is 5.04. The monoisotopic (exact) mass is 258 g/mol. The first kappa shape index (κ1) is 13.7. The van der Waals surface area contributed by atoms with E-state index in [1.54, 1.807) is 0 Å². The van der Waals surface area contributed by atoms with Crippen molar-refractivity contribution in [2.75, 3.05) is 7.05 Å². The van der Waals surface area contributed by atoms with Gasteiger partial charge in [0.25, 0.3) is 0 Å². The van der Waals surface area contributed by atoms with Crippen molar-refractivity contribution in [3.8, 4) is 0 Å². The van der Waals surface area contributed by atoms with Crippen molar-refractivity contribution in [1.29, 1.82) is 0 Å². The molecule has 4 heteroatoms. The van der Waals surface area contributed by atoms with Crippen LogP contribution in [0.4, 0.5) is 0 Å². The van der Waals surface area contributed by atoms with Gasteiger partial charge in [0.05, 0.1) is 0 Å². The average molecular weight is 258 g/mol. The van der Waals surface area contributed by atoms with Crippen LogP contribution in [0.25, 0.3) is 0 Å². The quantitative estimate of drug-likeness (QED) is 0.825. The van der Waals surface area contributed by atoms with Crippen molar-refractivity contribution in [3.63, 3.8) is 0 Å². The molecule has 0 radical (unpaired) electrons. The molecule has 0 aliphatic heterocycles. The summed E-state index contributed by atoms with van der Waals surface area (Å²) < 4.78 is 1.95. The third-order valence-electron chi connectivity index (χ3n) is 3.55. The number of nitrogens with zero attached hydrogens (tertiary/aromatic N) is 3. The summed E-state index contributed by atoms with van der Waals surface area (Å²) in [5.74, 6) is 0. The maximum atomic E-state index is 4.37. The zero-order valence-electron chi connectivity index (χ0n) is 11.7. The second-order valence-electron chi connectivity index (χ2n) is 4.83. The van der Waals surface area contributed by atoms with E-state index < -0.39 is 0 Å². The summed E-state index contributed by atoms with van der Waals surface area (Å²) in [5, 5.41) is 7.60. The molecule has 0 spiro atoms. The zero-order valence-corrected chi connectivity index (χ0v) is 11.7. The minimum absolute atomic E-state index is 0.525. The van der Waals surface area contributed by atoms with Crippen LogP contribution in [0, 0.1) is 0 Å². The van der Waals surface area contributed by atoms with Crippen LogP contribution in [-0.2, 0) is 19.9 Å². The van der Waals surface area contributed by atoms with Gasteiger partial charge >= 0.3 is 0 Å². The van der Waals surface area contributed by atoms with Crippen molar-refractivity contribution < 1.29 is 0 Å². The molecular formula is C15H22N4. The van der Waals surface area contributed by atoms with Gasteiger partial charge < -0.3 is 5.32 Å². The fraction of sp³-hybridized carbons (Fsp3) is 0.467. The normalized spacial score (nSPS) is 12.5. The summed E-state index contributed by atoms with van der Waals surface area (Å²) in [6.07, 6.45) is 8.05. The second kappa shape index (κ2) is 7.04. The maximum absolute atomic E-state index is 4.37. The molecule has 0 aliphatic rings. The molecule has 0 bridgehead atoms. The van der Waals surface area contributed by atoms with Gasteiger partial charge in [-0.25, -0.2) is 0 Å². The minimum atomic E-state index is 0.525. The predicted octanol–water partition coefficient (Wildman–Crippen LogP) is 1.97. The number of aryl methyl sites for hydroxylation is 3. The minimum Gasteiger partial charge on any atom is -0.317 e. The first-order valence-electron chi connectivity index (χ1n) is 6.83. The van der Waals surface area contributed by atoms with Crippen LogP contribution >= 0.6 is 0 Å². The van der Waals surface area contributed by atoms with Gasteiger partial charge in [-0.15, -0.1) is 0 Å². The molecule has 0 fully saturated rings. The summed E-state index contributed by atoms with van der Waals surface area (Å²) >= 11 is 0. The zero-order chi connectivity index (χ0) is 13.5. The topological polar surface area (TPSA) is 42.7 Å². The first-order chi connectivity index (χ1) is 9.29. The standard InChI is InChI=1S/C15H22N4/c1-16-13(6-7-14-5-3-4-11-17-14)8-9-15-10-12-18-19(15)2/h3-5,10-13,16H,6-9H2,1-2H3. The van der Waals surface area contributed by atoms with Gasteiger partial charge in [-0.3, -0.25) is 9.67 Å². The Balaban J connectivity index is 1.79. The number of rotatable bonds is 7. The summed E-state index contributed by atoms with van der Waals surface area (Å²) in [6, 6.07) is 8.71. The molecule has 1 unspecified atom stereocenters. The Bertz CT molecular complexity index is 478. The van der Waals surface area contributed by atoms with E-state index in [1.165, 1.54) is 11.4 Å². The van der Waals surface area contributed by atoms with Crippen molar-refractivity contribution in [2.24, 2.45) is 7.05 Å². The lowest BCUT2D eigenvalue weighted by molar-refractivity contribution is 0.480. The van der Waals surface area contributed by atoms with Gasteiger partial charge in [0.2, 0.25) is 0 Å². The Morgan fingerprint density at radius 3 is 2.63 bits per heavy atom. The van der Waals surface area contributed by atoms with E-state index in [2.05, 4.69) is 27.5 Å². The summed E-state index contributed by atoms with van der Waals surface area (Å²) in [4.78, 5) is 4.37. The van der Waals surface area contributed by atoms with E-state index in [-0.39, 0.29) is 0 Å². The molecule has 2 aromatic heterocycles. The van der Waals surface area contributed by atoms with Crippen molar-refractivity contribution in [1.82, 2.24) is 20.1 Å². The van der Waals surface area contributed by atoms with Gasteiger partial charge in [-0.2, -0.15) is 5.10 Å². The smallest absolute Gasteiger partial charge is 0.0492 e. The maximum Gasteiger partial charge on any atom is 0.0492 e. The van der Waals surface area contributed by atoms with Gasteiger partial charge in [-0.05, 0) is 50.9 Å². The molecule has 1 N–H and O–H groups in total. The number of nitrogens with one attached hydrogen (secondary N) is 1. The van der Waals surface area contributed by atoms with Crippen molar-refractivity contribution in [2.45, 2.75) is 31.7 Å². The van der Waals surface area contributed by atoms with E-state index in [0.717, 1.165) is 25.7 Å². The molecular weight excluding hydrogens is 236 g/mol. The average Bonchev–Trinajstić information content (AvgIpc) is 2.86. The molecule has 0 aliphatic carbocycles. The number of hydrogen-bond acceptors (Lipinski definition) is 3. The molecule has 2 aromatic rings. The molecule has 0 aromatic carbocycles. The highest BCUT2D eigenvalue weighted by atomic mass is 15.2. The Hall–Kier alpha value is -1.68. The molecule has 4 nitrogen and oxygen atoms in total. The summed E-state index contributed by atoms with van der Waals surface area (Å²) in [5.41, 5.74) is 2.46. The molecule has 0 amide bonds. The molecule has 102 valence electrons. The van der Waals surface area contributed by atoms with E-state index in [0.29, 0.717) is 6.04 Å². The fourth-order valence-electron chi connectivity index (χ4n) is 2.27. The van der Waals surface area contributed by atoms with Gasteiger partial charge in [-0.1, -0.05) is 6.07 Å². The lowest BCUT2D eigenvalue weighted by Crippen LogP contribution is -2.26. The summed E-state index contributed by atoms with van der Waals surface area (Å²) in [7, 11) is 4.03. The van der Waals surface area contributed by atoms with Crippen molar-refractivity contribution >= 4 is 0 Å². The molecule has 0 saturated carbocycles. The Kier molecular flexibility index (Phi) is 5.10. The van der Waals surface area contributed by atoms with E-state index in [9.17, 15) is 0 Å². The Morgan fingerprint density at radius 2 is 2.00 bits per heavy atom. The third kappa shape index (κ3) is 4.17. The lowest BCUT2D eigenvalue weighted by Gasteiger charge is -2.15. The van der Waals surface area contributed by atoms with Crippen LogP contribution in [0.3, 0.4) is 0 Å². The molecule has 1 atom stereocenters. The molecule has 2 rings (SSSR count). The van der Waals surface area contributed by atoms with Crippen LogP contribution in [0.1, 0.15) is 24.2 Å². The highest BCUT2D eigenvalue weighted by Gasteiger charge is 2.08. The van der Waals surface area contributed by atoms with Crippen molar-refractivity contribution in [3.05, 3.63) is 48.0 Å². The van der Waals surface area contributed by atoms with E-state index >= 15 is 0 Å². The predicted molar refractivity (Wildman–Crippen MR) is 76.9 cm³/mol. The van der Waals surface area contributed by atoms with Gasteiger partial charge in [0.15, 0.2) is 0 Å². The molecule has 19 heavy (non-hydrogen) atoms. The van der Waals surface area contributed by atoms with Crippen LogP contribution in [0.15, 0.2) is 36.7 Å². The number of pyridine rings is 1. The number of hydrogen-bond donors (Lipinski definition) is 1.